The largest absolute Gasteiger partial charge is 0.411 e. The van der Waals surface area contributed by atoms with Crippen molar-refractivity contribution < 1.29 is 22.6 Å². The van der Waals surface area contributed by atoms with Gasteiger partial charge in [0, 0.05) is 39.4 Å². The molecule has 4 rings (SSSR count). The lowest BCUT2D eigenvalue weighted by molar-refractivity contribution is -0.174. The summed E-state index contributed by atoms with van der Waals surface area (Å²) >= 11 is 0. The van der Waals surface area contributed by atoms with Crippen LogP contribution in [0.5, 0.6) is 0 Å². The minimum absolute atomic E-state index is 0.0977. The molecule has 0 aromatic carbocycles. The van der Waals surface area contributed by atoms with E-state index in [0.717, 1.165) is 13.1 Å². The number of morpholine rings is 1. The lowest BCUT2D eigenvalue weighted by Crippen LogP contribution is -2.35. The molecule has 3 aromatic rings. The Balaban J connectivity index is 1.74. The second kappa shape index (κ2) is 11.1. The van der Waals surface area contributed by atoms with E-state index in [9.17, 15) is 13.2 Å². The molecule has 0 atom stereocenters. The fourth-order valence-corrected chi connectivity index (χ4v) is 3.60. The number of anilines is 3. The number of nitrogens with zero attached hydrogens (tertiary/aromatic N) is 8. The molecular formula is C21H28F3N9O2. The van der Waals surface area contributed by atoms with Crippen molar-refractivity contribution in [2.24, 2.45) is 0 Å². The van der Waals surface area contributed by atoms with Gasteiger partial charge < -0.3 is 19.7 Å². The molecule has 3 aromatic heterocycles. The third kappa shape index (κ3) is 6.52. The van der Waals surface area contributed by atoms with Gasteiger partial charge in [-0.2, -0.15) is 23.3 Å². The number of ether oxygens (including phenoxy) is 2. The summed E-state index contributed by atoms with van der Waals surface area (Å²) in [4.78, 5) is 21.7. The highest BCUT2D eigenvalue weighted by Gasteiger charge is 2.28. The Labute approximate surface area is 200 Å². The van der Waals surface area contributed by atoms with Crippen LogP contribution >= 0.6 is 0 Å². The number of alkyl halides is 3. The van der Waals surface area contributed by atoms with Gasteiger partial charge in [0.15, 0.2) is 5.82 Å². The molecule has 0 saturated carbocycles. The van der Waals surface area contributed by atoms with E-state index in [-0.39, 0.29) is 13.2 Å². The topological polar surface area (TPSA) is 106 Å². The fourth-order valence-electron chi connectivity index (χ4n) is 3.60. The minimum atomic E-state index is -4.39. The van der Waals surface area contributed by atoms with E-state index < -0.39 is 12.8 Å². The normalized spacial score (nSPS) is 15.0. The maximum atomic E-state index is 12.5. The van der Waals surface area contributed by atoms with Gasteiger partial charge in [0.1, 0.15) is 35.5 Å². The summed E-state index contributed by atoms with van der Waals surface area (Å²) in [5, 5.41) is 7.92. The van der Waals surface area contributed by atoms with Crippen molar-refractivity contribution in [2.75, 3.05) is 63.3 Å². The molecular weight excluding hydrogens is 467 g/mol. The summed E-state index contributed by atoms with van der Waals surface area (Å²) in [5.74, 6) is 1.45. The second-order valence-corrected chi connectivity index (χ2v) is 8.03. The van der Waals surface area contributed by atoms with Gasteiger partial charge in [0.2, 0.25) is 5.95 Å². The van der Waals surface area contributed by atoms with Crippen LogP contribution < -0.4 is 10.2 Å². The SMILES string of the molecule is CCN(C)c1nc(Nc2ccncn2)c2c(n1)c(CN1CCOCC1)nn2CCOCC(F)(F)F. The molecule has 190 valence electrons. The van der Waals surface area contributed by atoms with Crippen LogP contribution in [-0.4, -0.2) is 93.9 Å². The number of hydrogen-bond donors (Lipinski definition) is 1. The van der Waals surface area contributed by atoms with Crippen molar-refractivity contribution in [3.63, 3.8) is 0 Å². The van der Waals surface area contributed by atoms with E-state index >= 15 is 0 Å². The van der Waals surface area contributed by atoms with Crippen LogP contribution in [0, 0.1) is 0 Å². The van der Waals surface area contributed by atoms with Gasteiger partial charge in [-0.15, -0.1) is 0 Å². The summed E-state index contributed by atoms with van der Waals surface area (Å²) in [6.45, 7) is 4.56. The van der Waals surface area contributed by atoms with E-state index in [1.54, 1.807) is 16.9 Å². The van der Waals surface area contributed by atoms with Crippen molar-refractivity contribution >= 4 is 28.6 Å². The Morgan fingerprint density at radius 3 is 2.71 bits per heavy atom. The lowest BCUT2D eigenvalue weighted by atomic mass is 10.3. The Morgan fingerprint density at radius 2 is 2.03 bits per heavy atom. The Morgan fingerprint density at radius 1 is 1.23 bits per heavy atom. The highest BCUT2D eigenvalue weighted by molar-refractivity contribution is 5.90. The van der Waals surface area contributed by atoms with Crippen LogP contribution in [0.4, 0.5) is 30.8 Å². The Bertz CT molecular complexity index is 1100. The van der Waals surface area contributed by atoms with Gasteiger partial charge >= 0.3 is 6.18 Å². The molecule has 0 radical (unpaired) electrons. The number of hydrogen-bond acceptors (Lipinski definition) is 10. The van der Waals surface area contributed by atoms with Crippen LogP contribution in [0.15, 0.2) is 18.6 Å². The molecule has 1 fully saturated rings. The maximum absolute atomic E-state index is 12.5. The molecule has 0 unspecified atom stereocenters. The molecule has 35 heavy (non-hydrogen) atoms. The smallest absolute Gasteiger partial charge is 0.379 e. The molecule has 11 nitrogen and oxygen atoms in total. The lowest BCUT2D eigenvalue weighted by Gasteiger charge is -2.25. The number of halogens is 3. The van der Waals surface area contributed by atoms with Crippen LogP contribution in [0.25, 0.3) is 11.0 Å². The first-order chi connectivity index (χ1) is 16.8. The number of aromatic nitrogens is 6. The predicted octanol–water partition coefficient (Wildman–Crippen LogP) is 2.23. The standard InChI is InChI=1S/C21H28F3N9O2/c1-3-31(2)20-28-17-15(12-32-6-9-34-10-7-32)30-33(8-11-35-13-21(22,23)24)18(17)19(29-20)27-16-4-5-25-14-26-16/h4-5,14H,3,6-13H2,1-2H3,(H,25,26,27,28,29). The second-order valence-electron chi connectivity index (χ2n) is 8.03. The van der Waals surface area contributed by atoms with Crippen LogP contribution in [0.1, 0.15) is 12.6 Å². The highest BCUT2D eigenvalue weighted by Crippen LogP contribution is 2.29. The molecule has 4 heterocycles. The van der Waals surface area contributed by atoms with E-state index in [2.05, 4.69) is 25.2 Å². The zero-order valence-electron chi connectivity index (χ0n) is 19.6. The molecule has 1 N–H and O–H groups in total. The van der Waals surface area contributed by atoms with Crippen molar-refractivity contribution in [1.82, 2.24) is 34.6 Å². The molecule has 0 spiro atoms. The molecule has 1 aliphatic rings. The Kier molecular flexibility index (Phi) is 7.93. The van der Waals surface area contributed by atoms with E-state index in [0.29, 0.717) is 60.6 Å². The fraction of sp³-hybridized carbons (Fsp3) is 0.571. The van der Waals surface area contributed by atoms with Gasteiger partial charge in [-0.05, 0) is 13.0 Å². The van der Waals surface area contributed by atoms with Crippen molar-refractivity contribution in [3.8, 4) is 0 Å². The Hall–Kier alpha value is -3.10. The summed E-state index contributed by atoms with van der Waals surface area (Å²) in [7, 11) is 1.88. The average molecular weight is 496 g/mol. The quantitative estimate of drug-likeness (QED) is 0.421. The highest BCUT2D eigenvalue weighted by atomic mass is 19.4. The zero-order valence-corrected chi connectivity index (χ0v) is 19.6. The number of rotatable bonds is 10. The van der Waals surface area contributed by atoms with Crippen LogP contribution in [-0.2, 0) is 22.6 Å². The van der Waals surface area contributed by atoms with Gasteiger partial charge in [0.25, 0.3) is 0 Å². The summed E-state index contributed by atoms with van der Waals surface area (Å²) in [6, 6.07) is 1.69. The van der Waals surface area contributed by atoms with Crippen LogP contribution in [0.3, 0.4) is 0 Å². The molecule has 0 bridgehead atoms. The minimum Gasteiger partial charge on any atom is -0.379 e. The van der Waals surface area contributed by atoms with Crippen molar-refractivity contribution in [2.45, 2.75) is 26.2 Å². The van der Waals surface area contributed by atoms with Gasteiger partial charge in [-0.1, -0.05) is 0 Å². The third-order valence-corrected chi connectivity index (χ3v) is 5.48. The van der Waals surface area contributed by atoms with Gasteiger partial charge in [-0.3, -0.25) is 9.58 Å². The van der Waals surface area contributed by atoms with E-state index in [1.807, 2.05) is 18.9 Å². The maximum Gasteiger partial charge on any atom is 0.411 e. The molecule has 1 saturated heterocycles. The van der Waals surface area contributed by atoms with E-state index in [4.69, 9.17) is 19.6 Å². The molecule has 14 heteroatoms. The van der Waals surface area contributed by atoms with Gasteiger partial charge in [0.05, 0.1) is 26.4 Å². The van der Waals surface area contributed by atoms with E-state index in [1.165, 1.54) is 6.33 Å². The summed E-state index contributed by atoms with van der Waals surface area (Å²) < 4.78 is 49.5. The third-order valence-electron chi connectivity index (χ3n) is 5.48. The van der Waals surface area contributed by atoms with Gasteiger partial charge in [-0.25, -0.2) is 15.0 Å². The zero-order chi connectivity index (χ0) is 24.8. The number of fused-ring (bicyclic) bond motifs is 1. The first-order valence-electron chi connectivity index (χ1n) is 11.3. The predicted molar refractivity (Wildman–Crippen MR) is 123 cm³/mol. The van der Waals surface area contributed by atoms with Crippen molar-refractivity contribution in [1.29, 1.82) is 0 Å². The molecule has 0 aliphatic carbocycles. The molecule has 1 aliphatic heterocycles. The number of nitrogens with one attached hydrogen (secondary N) is 1. The van der Waals surface area contributed by atoms with Crippen LogP contribution in [0.2, 0.25) is 0 Å². The average Bonchev–Trinajstić information content (AvgIpc) is 3.19. The molecule has 0 amide bonds. The summed E-state index contributed by atoms with van der Waals surface area (Å²) in [5.41, 5.74) is 1.89. The van der Waals surface area contributed by atoms with Crippen molar-refractivity contribution in [3.05, 3.63) is 24.3 Å². The summed E-state index contributed by atoms with van der Waals surface area (Å²) in [6.07, 6.45) is -1.39. The first kappa shape index (κ1) is 25.0. The monoisotopic (exact) mass is 495 g/mol. The first-order valence-corrected chi connectivity index (χ1v) is 11.3.